The zero-order chi connectivity index (χ0) is 20.1. The fourth-order valence-electron chi connectivity index (χ4n) is 3.24. The lowest BCUT2D eigenvalue weighted by atomic mass is 10.1. The van der Waals surface area contributed by atoms with E-state index in [0.29, 0.717) is 44.1 Å². The Morgan fingerprint density at radius 3 is 2.62 bits per heavy atom. The van der Waals surface area contributed by atoms with Crippen molar-refractivity contribution in [2.75, 3.05) is 13.3 Å². The Morgan fingerprint density at radius 2 is 1.79 bits per heavy atom. The van der Waals surface area contributed by atoms with Crippen molar-refractivity contribution in [1.82, 2.24) is 15.1 Å². The van der Waals surface area contributed by atoms with Crippen molar-refractivity contribution in [2.45, 2.75) is 32.7 Å². The molecule has 1 aliphatic rings. The van der Waals surface area contributed by atoms with Crippen LogP contribution >= 0.6 is 0 Å². The molecule has 0 aliphatic carbocycles. The largest absolute Gasteiger partial charge is 0.454 e. The third-order valence-corrected chi connectivity index (χ3v) is 4.80. The molecule has 29 heavy (non-hydrogen) atoms. The van der Waals surface area contributed by atoms with Crippen LogP contribution in [0.2, 0.25) is 0 Å². The Balaban J connectivity index is 1.31. The summed E-state index contributed by atoms with van der Waals surface area (Å²) in [4.78, 5) is 14.4. The van der Waals surface area contributed by atoms with Crippen LogP contribution in [0.5, 0.6) is 11.5 Å². The molecule has 0 spiro atoms. The summed E-state index contributed by atoms with van der Waals surface area (Å²) in [6.45, 7) is 3.50. The Bertz CT molecular complexity index is 971. The molecule has 2 aromatic carbocycles. The van der Waals surface area contributed by atoms with Gasteiger partial charge in [-0.05, 0) is 30.2 Å². The monoisotopic (exact) mass is 393 g/mol. The summed E-state index contributed by atoms with van der Waals surface area (Å²) in [5.41, 5.74) is 2.12. The van der Waals surface area contributed by atoms with Crippen molar-refractivity contribution in [2.24, 2.45) is 0 Å². The van der Waals surface area contributed by atoms with Gasteiger partial charge in [0.15, 0.2) is 11.5 Å². The minimum atomic E-state index is 0.0758. The molecule has 0 radical (unpaired) electrons. The Kier molecular flexibility index (Phi) is 5.74. The Morgan fingerprint density at radius 1 is 1.00 bits per heavy atom. The van der Waals surface area contributed by atoms with Crippen LogP contribution in [0.25, 0.3) is 0 Å². The predicted molar refractivity (Wildman–Crippen MR) is 106 cm³/mol. The highest BCUT2D eigenvalue weighted by Gasteiger charge is 2.16. The number of aromatic nitrogens is 2. The van der Waals surface area contributed by atoms with E-state index in [0.717, 1.165) is 22.6 Å². The van der Waals surface area contributed by atoms with E-state index in [2.05, 4.69) is 10.2 Å². The Labute approximate surface area is 169 Å². The molecule has 0 saturated heterocycles. The number of carbonyl (C=O) groups excluding carboxylic acids is 1. The van der Waals surface area contributed by atoms with E-state index in [4.69, 9.17) is 13.9 Å². The first-order valence-corrected chi connectivity index (χ1v) is 9.72. The Hall–Kier alpha value is -3.35. The summed E-state index contributed by atoms with van der Waals surface area (Å²) in [5, 5.41) is 8.18. The molecule has 2 heterocycles. The van der Waals surface area contributed by atoms with Crippen LogP contribution in [-0.2, 0) is 24.2 Å². The molecular weight excluding hydrogens is 370 g/mol. The molecule has 4 rings (SSSR count). The summed E-state index contributed by atoms with van der Waals surface area (Å²) >= 11 is 0. The van der Waals surface area contributed by atoms with Crippen LogP contribution in [0, 0.1) is 0 Å². The van der Waals surface area contributed by atoms with Crippen molar-refractivity contribution in [1.29, 1.82) is 0 Å². The lowest BCUT2D eigenvalue weighted by molar-refractivity contribution is -0.131. The molecule has 0 atom stereocenters. The van der Waals surface area contributed by atoms with Gasteiger partial charge in [0.05, 0.1) is 6.42 Å². The smallest absolute Gasteiger partial charge is 0.231 e. The van der Waals surface area contributed by atoms with Gasteiger partial charge in [-0.25, -0.2) is 0 Å². The maximum absolute atomic E-state index is 12.6. The summed E-state index contributed by atoms with van der Waals surface area (Å²) in [5.74, 6) is 2.54. The molecule has 150 valence electrons. The fourth-order valence-corrected chi connectivity index (χ4v) is 3.24. The van der Waals surface area contributed by atoms with Gasteiger partial charge in [0.1, 0.15) is 0 Å². The van der Waals surface area contributed by atoms with Crippen molar-refractivity contribution in [3.8, 4) is 11.5 Å². The van der Waals surface area contributed by atoms with E-state index in [1.165, 1.54) is 0 Å². The van der Waals surface area contributed by atoms with Crippen LogP contribution < -0.4 is 9.47 Å². The van der Waals surface area contributed by atoms with E-state index in [1.807, 2.05) is 60.4 Å². The number of fused-ring (bicyclic) bond motifs is 1. The summed E-state index contributed by atoms with van der Waals surface area (Å²) < 4.78 is 16.4. The number of carbonyl (C=O) groups is 1. The number of hydrogen-bond donors (Lipinski definition) is 0. The van der Waals surface area contributed by atoms with E-state index in [-0.39, 0.29) is 12.7 Å². The average molecular weight is 393 g/mol. The molecule has 0 bridgehead atoms. The topological polar surface area (TPSA) is 77.7 Å². The van der Waals surface area contributed by atoms with Crippen LogP contribution in [-0.4, -0.2) is 34.3 Å². The highest BCUT2D eigenvalue weighted by atomic mass is 16.7. The minimum absolute atomic E-state index is 0.0758. The van der Waals surface area contributed by atoms with Gasteiger partial charge >= 0.3 is 0 Å². The van der Waals surface area contributed by atoms with Gasteiger partial charge in [-0.1, -0.05) is 36.4 Å². The lowest BCUT2D eigenvalue weighted by Crippen LogP contribution is -2.30. The second kappa shape index (κ2) is 8.77. The van der Waals surface area contributed by atoms with Crippen molar-refractivity contribution in [3.05, 3.63) is 71.4 Å². The molecule has 0 fully saturated rings. The van der Waals surface area contributed by atoms with E-state index in [1.54, 1.807) is 0 Å². The van der Waals surface area contributed by atoms with Crippen molar-refractivity contribution in [3.63, 3.8) is 0 Å². The summed E-state index contributed by atoms with van der Waals surface area (Å²) in [7, 11) is 0. The number of aryl methyl sites for hydroxylation is 1. The average Bonchev–Trinajstić information content (AvgIpc) is 3.40. The summed E-state index contributed by atoms with van der Waals surface area (Å²) in [6, 6.07) is 15.7. The maximum atomic E-state index is 12.6. The highest BCUT2D eigenvalue weighted by molar-refractivity contribution is 5.76. The molecule has 7 heteroatoms. The molecule has 0 N–H and O–H groups in total. The normalized spacial score (nSPS) is 12.2. The molecule has 1 amide bonds. The third kappa shape index (κ3) is 4.74. The van der Waals surface area contributed by atoms with Crippen LogP contribution in [0.15, 0.2) is 52.9 Å². The lowest BCUT2D eigenvalue weighted by Gasteiger charge is -2.20. The second-order valence-corrected chi connectivity index (χ2v) is 6.85. The molecule has 1 aromatic heterocycles. The maximum Gasteiger partial charge on any atom is 0.231 e. The molecule has 0 unspecified atom stereocenters. The van der Waals surface area contributed by atoms with Gasteiger partial charge in [0.25, 0.3) is 0 Å². The first-order chi connectivity index (χ1) is 14.2. The zero-order valence-electron chi connectivity index (χ0n) is 16.3. The zero-order valence-corrected chi connectivity index (χ0v) is 16.3. The van der Waals surface area contributed by atoms with E-state index >= 15 is 0 Å². The van der Waals surface area contributed by atoms with Gasteiger partial charge in [-0.2, -0.15) is 0 Å². The predicted octanol–water partition coefficient (Wildman–Crippen LogP) is 3.37. The quantitative estimate of drug-likeness (QED) is 0.584. The van der Waals surface area contributed by atoms with Crippen LogP contribution in [0.3, 0.4) is 0 Å². The molecule has 7 nitrogen and oxygen atoms in total. The number of hydrogen-bond acceptors (Lipinski definition) is 6. The van der Waals surface area contributed by atoms with Gasteiger partial charge in [-0.15, -0.1) is 10.2 Å². The van der Waals surface area contributed by atoms with Gasteiger partial charge < -0.3 is 18.8 Å². The van der Waals surface area contributed by atoms with Gasteiger partial charge in [0, 0.05) is 25.9 Å². The van der Waals surface area contributed by atoms with Gasteiger partial charge in [0.2, 0.25) is 24.5 Å². The minimum Gasteiger partial charge on any atom is -0.454 e. The first kappa shape index (κ1) is 19.0. The fraction of sp³-hybridized carbons (Fsp3) is 0.318. The first-order valence-electron chi connectivity index (χ1n) is 9.72. The molecule has 1 aliphatic heterocycles. The standard InChI is InChI=1S/C22H23N3O4/c1-2-25(14-16-6-4-3-5-7-16)22(26)11-10-20-23-24-21(29-20)13-17-8-9-18-19(12-17)28-15-27-18/h3-9,12H,2,10-11,13-15H2,1H3. The van der Waals surface area contributed by atoms with E-state index < -0.39 is 0 Å². The van der Waals surface area contributed by atoms with Crippen molar-refractivity contribution >= 4 is 5.91 Å². The molecule has 3 aromatic rings. The second-order valence-electron chi connectivity index (χ2n) is 6.85. The van der Waals surface area contributed by atoms with Crippen LogP contribution in [0.1, 0.15) is 36.3 Å². The van der Waals surface area contributed by atoms with E-state index in [9.17, 15) is 4.79 Å². The van der Waals surface area contributed by atoms with Gasteiger partial charge in [-0.3, -0.25) is 4.79 Å². The third-order valence-electron chi connectivity index (χ3n) is 4.80. The summed E-state index contributed by atoms with van der Waals surface area (Å²) in [6.07, 6.45) is 1.28. The van der Waals surface area contributed by atoms with Crippen LogP contribution in [0.4, 0.5) is 0 Å². The number of ether oxygens (including phenoxy) is 2. The molecule has 0 saturated carbocycles. The number of benzene rings is 2. The number of nitrogens with zero attached hydrogens (tertiary/aromatic N) is 3. The molecular formula is C22H23N3O4. The SMILES string of the molecule is CCN(Cc1ccccc1)C(=O)CCc1nnc(Cc2ccc3c(c2)OCO3)o1. The number of rotatable bonds is 8. The highest BCUT2D eigenvalue weighted by Crippen LogP contribution is 2.33. The number of amides is 1. The van der Waals surface area contributed by atoms with Crippen molar-refractivity contribution < 1.29 is 18.7 Å².